The third kappa shape index (κ3) is 6.31. The van der Waals surface area contributed by atoms with E-state index >= 15 is 0 Å². The molecule has 1 N–H and O–H groups in total. The Balaban J connectivity index is 2.10. The number of ether oxygens (including phenoxy) is 2. The van der Waals surface area contributed by atoms with Gasteiger partial charge in [0.05, 0.1) is 13.2 Å². The van der Waals surface area contributed by atoms with Crippen LogP contribution in [0.2, 0.25) is 0 Å². The monoisotopic (exact) mass is 369 g/mol. The van der Waals surface area contributed by atoms with E-state index in [9.17, 15) is 4.79 Å². The number of carbonyl (C=O) groups excluding carboxylic acids is 1. The van der Waals surface area contributed by atoms with Crippen LogP contribution in [0.5, 0.6) is 11.5 Å². The molecule has 27 heavy (non-hydrogen) atoms. The topological polar surface area (TPSA) is 47.6 Å². The number of hydrogen-bond donors (Lipinski definition) is 1. The van der Waals surface area contributed by atoms with Crippen molar-refractivity contribution in [2.24, 2.45) is 5.92 Å². The number of benzene rings is 2. The Labute approximate surface area is 162 Å². The van der Waals surface area contributed by atoms with Crippen LogP contribution in [0, 0.1) is 12.8 Å². The standard InChI is InChI=1S/C23H31NO3/c1-6-22(27-20-11-7-17(4)8-12-20)23(25)24-21(15-16(2)3)18-9-13-19(26-5)14-10-18/h7-14,16,21-22H,6,15H2,1-5H3,(H,24,25)/t21-,22-/m1/s1. The van der Waals surface area contributed by atoms with E-state index in [0.717, 1.165) is 23.3 Å². The fourth-order valence-corrected chi connectivity index (χ4v) is 2.95. The van der Waals surface area contributed by atoms with Crippen molar-refractivity contribution in [1.29, 1.82) is 0 Å². The highest BCUT2D eigenvalue weighted by atomic mass is 16.5. The van der Waals surface area contributed by atoms with Gasteiger partial charge in [-0.3, -0.25) is 4.79 Å². The normalized spacial score (nSPS) is 13.1. The van der Waals surface area contributed by atoms with Crippen LogP contribution in [0.25, 0.3) is 0 Å². The minimum Gasteiger partial charge on any atom is -0.497 e. The first-order valence-corrected chi connectivity index (χ1v) is 9.60. The molecule has 4 nitrogen and oxygen atoms in total. The number of carbonyl (C=O) groups is 1. The Morgan fingerprint density at radius 3 is 2.11 bits per heavy atom. The van der Waals surface area contributed by atoms with Crippen molar-refractivity contribution in [3.05, 3.63) is 59.7 Å². The molecule has 0 aliphatic carbocycles. The van der Waals surface area contributed by atoms with E-state index in [0.29, 0.717) is 18.1 Å². The zero-order valence-electron chi connectivity index (χ0n) is 17.0. The number of rotatable bonds is 9. The number of hydrogen-bond acceptors (Lipinski definition) is 3. The Morgan fingerprint density at radius 2 is 1.59 bits per heavy atom. The number of amides is 1. The van der Waals surface area contributed by atoms with E-state index in [-0.39, 0.29) is 11.9 Å². The predicted octanol–water partition coefficient (Wildman–Crippen LogP) is 5.06. The lowest BCUT2D eigenvalue weighted by Gasteiger charge is -2.24. The highest BCUT2D eigenvalue weighted by Crippen LogP contribution is 2.24. The van der Waals surface area contributed by atoms with Crippen molar-refractivity contribution in [3.8, 4) is 11.5 Å². The van der Waals surface area contributed by atoms with Crippen molar-refractivity contribution in [2.75, 3.05) is 7.11 Å². The quantitative estimate of drug-likeness (QED) is 0.672. The molecule has 2 rings (SSSR count). The molecule has 146 valence electrons. The fourth-order valence-electron chi connectivity index (χ4n) is 2.95. The van der Waals surface area contributed by atoms with Crippen LogP contribution in [0.15, 0.2) is 48.5 Å². The summed E-state index contributed by atoms with van der Waals surface area (Å²) in [6, 6.07) is 15.6. The lowest BCUT2D eigenvalue weighted by Crippen LogP contribution is -2.40. The van der Waals surface area contributed by atoms with Crippen molar-refractivity contribution >= 4 is 5.91 Å². The summed E-state index contributed by atoms with van der Waals surface area (Å²) in [6.07, 6.45) is 0.955. The Bertz CT molecular complexity index is 707. The number of nitrogens with one attached hydrogen (secondary N) is 1. The first-order valence-electron chi connectivity index (χ1n) is 9.60. The Morgan fingerprint density at radius 1 is 1.00 bits per heavy atom. The van der Waals surface area contributed by atoms with Gasteiger partial charge < -0.3 is 14.8 Å². The molecule has 0 radical (unpaired) electrons. The van der Waals surface area contributed by atoms with E-state index < -0.39 is 6.10 Å². The maximum absolute atomic E-state index is 12.9. The smallest absolute Gasteiger partial charge is 0.261 e. The van der Waals surface area contributed by atoms with E-state index in [1.54, 1.807) is 7.11 Å². The molecule has 2 atom stereocenters. The fraction of sp³-hybridized carbons (Fsp3) is 0.435. The molecule has 0 unspecified atom stereocenters. The Kier molecular flexibility index (Phi) is 7.71. The highest BCUT2D eigenvalue weighted by molar-refractivity contribution is 5.81. The lowest BCUT2D eigenvalue weighted by atomic mass is 9.96. The molecule has 2 aromatic carbocycles. The molecule has 0 saturated heterocycles. The van der Waals surface area contributed by atoms with Crippen LogP contribution < -0.4 is 14.8 Å². The van der Waals surface area contributed by atoms with E-state index in [1.165, 1.54) is 0 Å². The van der Waals surface area contributed by atoms with Crippen LogP contribution in [0.1, 0.15) is 50.8 Å². The van der Waals surface area contributed by atoms with Gasteiger partial charge in [-0.2, -0.15) is 0 Å². The molecule has 0 bridgehead atoms. The minimum absolute atomic E-state index is 0.0564. The van der Waals surface area contributed by atoms with Gasteiger partial charge >= 0.3 is 0 Å². The lowest BCUT2D eigenvalue weighted by molar-refractivity contribution is -0.129. The van der Waals surface area contributed by atoms with E-state index in [1.807, 2.05) is 62.4 Å². The summed E-state index contributed by atoms with van der Waals surface area (Å²) >= 11 is 0. The third-order valence-corrected chi connectivity index (χ3v) is 4.50. The van der Waals surface area contributed by atoms with Crippen molar-refractivity contribution in [1.82, 2.24) is 5.32 Å². The van der Waals surface area contributed by atoms with E-state index in [4.69, 9.17) is 9.47 Å². The van der Waals surface area contributed by atoms with Gasteiger partial charge in [-0.15, -0.1) is 0 Å². The molecule has 0 saturated carbocycles. The second-order valence-electron chi connectivity index (χ2n) is 7.29. The van der Waals surface area contributed by atoms with Gasteiger partial charge in [-0.1, -0.05) is 50.6 Å². The van der Waals surface area contributed by atoms with Crippen LogP contribution in [0.4, 0.5) is 0 Å². The highest BCUT2D eigenvalue weighted by Gasteiger charge is 2.23. The molecular weight excluding hydrogens is 338 g/mol. The molecule has 0 heterocycles. The van der Waals surface area contributed by atoms with Crippen LogP contribution >= 0.6 is 0 Å². The summed E-state index contributed by atoms with van der Waals surface area (Å²) in [4.78, 5) is 12.9. The third-order valence-electron chi connectivity index (χ3n) is 4.50. The van der Waals surface area contributed by atoms with Gasteiger partial charge in [0, 0.05) is 0 Å². The summed E-state index contributed by atoms with van der Waals surface area (Å²) in [7, 11) is 1.65. The van der Waals surface area contributed by atoms with E-state index in [2.05, 4.69) is 19.2 Å². The summed E-state index contributed by atoms with van der Waals surface area (Å²) in [6.45, 7) is 8.30. The predicted molar refractivity (Wildman–Crippen MR) is 109 cm³/mol. The molecule has 0 fully saturated rings. The zero-order chi connectivity index (χ0) is 19.8. The van der Waals surface area contributed by atoms with Crippen LogP contribution in [0.3, 0.4) is 0 Å². The molecule has 0 aromatic heterocycles. The summed E-state index contributed by atoms with van der Waals surface area (Å²) in [5.74, 6) is 1.89. The van der Waals surface area contributed by atoms with Crippen LogP contribution in [-0.4, -0.2) is 19.1 Å². The summed E-state index contributed by atoms with van der Waals surface area (Å²) in [5, 5.41) is 3.18. The average molecular weight is 370 g/mol. The van der Waals surface area contributed by atoms with Gasteiger partial charge in [-0.25, -0.2) is 0 Å². The zero-order valence-corrected chi connectivity index (χ0v) is 17.0. The molecule has 0 aliphatic rings. The van der Waals surface area contributed by atoms with Crippen molar-refractivity contribution in [3.63, 3.8) is 0 Å². The van der Waals surface area contributed by atoms with Gasteiger partial charge in [0.15, 0.2) is 6.10 Å². The summed E-state index contributed by atoms with van der Waals surface area (Å²) in [5.41, 5.74) is 2.24. The maximum Gasteiger partial charge on any atom is 0.261 e. The SMILES string of the molecule is CC[C@@H](Oc1ccc(C)cc1)C(=O)N[C@H](CC(C)C)c1ccc(OC)cc1. The Hall–Kier alpha value is -2.49. The summed E-state index contributed by atoms with van der Waals surface area (Å²) < 4.78 is 11.2. The second-order valence-corrected chi connectivity index (χ2v) is 7.29. The first-order chi connectivity index (χ1) is 12.9. The van der Waals surface area contributed by atoms with Crippen molar-refractivity contribution < 1.29 is 14.3 Å². The molecule has 2 aromatic rings. The minimum atomic E-state index is -0.513. The maximum atomic E-state index is 12.9. The van der Waals surface area contributed by atoms with Gasteiger partial charge in [0.1, 0.15) is 11.5 Å². The average Bonchev–Trinajstić information content (AvgIpc) is 2.66. The van der Waals surface area contributed by atoms with Gasteiger partial charge in [-0.05, 0) is 55.5 Å². The van der Waals surface area contributed by atoms with Gasteiger partial charge in [0.2, 0.25) is 0 Å². The van der Waals surface area contributed by atoms with Crippen LogP contribution in [-0.2, 0) is 4.79 Å². The largest absolute Gasteiger partial charge is 0.497 e. The first kappa shape index (κ1) is 20.8. The molecule has 4 heteroatoms. The van der Waals surface area contributed by atoms with Crippen molar-refractivity contribution in [2.45, 2.75) is 52.7 Å². The second kappa shape index (κ2) is 10.0. The number of methoxy groups -OCH3 is 1. The molecule has 0 spiro atoms. The molecule has 1 amide bonds. The molecular formula is C23H31NO3. The number of aryl methyl sites for hydroxylation is 1. The van der Waals surface area contributed by atoms with Gasteiger partial charge in [0.25, 0.3) is 5.91 Å². The molecule has 0 aliphatic heterocycles.